The van der Waals surface area contributed by atoms with Gasteiger partial charge in [-0.1, -0.05) is 36.9 Å². The predicted molar refractivity (Wildman–Crippen MR) is 160 cm³/mol. The van der Waals surface area contributed by atoms with Crippen molar-refractivity contribution in [3.8, 4) is 6.01 Å². The molecule has 1 amide bonds. The number of hydrogen-bond acceptors (Lipinski definition) is 7. The van der Waals surface area contributed by atoms with E-state index in [0.29, 0.717) is 38.3 Å². The standard InChI is InChI=1S/C32H40N6O2/c1-4-29(39)36-17-19-37(20-18-36)31-26-13-8-16-38(28-14-6-11-24-10-5-9-23(2)30(24)28)21-27(26)33-32(34-31)40-22-25-12-7-15-35(25)3/h4-6,9-11,14,25H,1,7-8,12-13,15-22H2,2-3H3/t25-/m0/s1. The van der Waals surface area contributed by atoms with Crippen LogP contribution in [-0.2, 0) is 17.8 Å². The number of nitrogens with zero attached hydrogens (tertiary/aromatic N) is 6. The maximum absolute atomic E-state index is 12.2. The van der Waals surface area contributed by atoms with Gasteiger partial charge in [-0.2, -0.15) is 9.97 Å². The molecule has 40 heavy (non-hydrogen) atoms. The molecule has 0 aliphatic carbocycles. The fourth-order valence-corrected chi connectivity index (χ4v) is 6.52. The number of piperazine rings is 1. The Bertz CT molecular complexity index is 1390. The Morgan fingerprint density at radius 3 is 2.58 bits per heavy atom. The SMILES string of the molecule is C=CC(=O)N1CCN(c2nc(OC[C@@H]3CCCN3C)nc3c2CCCN(c2cccc4cccc(C)c24)C3)CC1. The first-order valence-electron chi connectivity index (χ1n) is 14.6. The third-order valence-electron chi connectivity index (χ3n) is 8.82. The number of likely N-dealkylation sites (tertiary alicyclic amines) is 1. The minimum atomic E-state index is -0.00750. The molecule has 3 aromatic rings. The second-order valence-corrected chi connectivity index (χ2v) is 11.3. The van der Waals surface area contributed by atoms with Gasteiger partial charge in [0.15, 0.2) is 0 Å². The highest BCUT2D eigenvalue weighted by atomic mass is 16.5. The number of ether oxygens (including phenoxy) is 1. The van der Waals surface area contributed by atoms with Crippen LogP contribution in [-0.4, -0.2) is 84.6 Å². The highest BCUT2D eigenvalue weighted by Crippen LogP contribution is 2.35. The number of aryl methyl sites for hydroxylation is 1. The fraction of sp³-hybridized carbons (Fsp3) is 0.469. The average Bonchev–Trinajstić information content (AvgIpc) is 3.27. The van der Waals surface area contributed by atoms with Crippen molar-refractivity contribution in [3.05, 3.63) is 65.9 Å². The summed E-state index contributed by atoms with van der Waals surface area (Å²) in [6.45, 7) is 12.0. The molecule has 4 heterocycles. The zero-order valence-electron chi connectivity index (χ0n) is 23.8. The molecule has 8 heteroatoms. The molecule has 2 fully saturated rings. The van der Waals surface area contributed by atoms with Crippen molar-refractivity contribution >= 4 is 28.2 Å². The van der Waals surface area contributed by atoms with Gasteiger partial charge in [-0.3, -0.25) is 4.79 Å². The van der Waals surface area contributed by atoms with Gasteiger partial charge in [0, 0.05) is 55.4 Å². The van der Waals surface area contributed by atoms with Gasteiger partial charge >= 0.3 is 6.01 Å². The lowest BCUT2D eigenvalue weighted by atomic mass is 10.0. The van der Waals surface area contributed by atoms with Crippen molar-refractivity contribution in [1.82, 2.24) is 19.8 Å². The van der Waals surface area contributed by atoms with E-state index in [-0.39, 0.29) is 5.91 Å². The van der Waals surface area contributed by atoms with E-state index in [1.807, 2.05) is 4.90 Å². The van der Waals surface area contributed by atoms with Gasteiger partial charge in [-0.05, 0) is 69.3 Å². The molecule has 0 radical (unpaired) electrons. The molecule has 0 N–H and O–H groups in total. The fourth-order valence-electron chi connectivity index (χ4n) is 6.52. The summed E-state index contributed by atoms with van der Waals surface area (Å²) in [7, 11) is 2.17. The predicted octanol–water partition coefficient (Wildman–Crippen LogP) is 4.20. The average molecular weight is 541 g/mol. The number of likely N-dealkylation sites (N-methyl/N-ethyl adjacent to an activating group) is 1. The Morgan fingerprint density at radius 2 is 1.82 bits per heavy atom. The second kappa shape index (κ2) is 11.5. The highest BCUT2D eigenvalue weighted by molar-refractivity contribution is 5.97. The number of carbonyl (C=O) groups is 1. The maximum atomic E-state index is 12.2. The lowest BCUT2D eigenvalue weighted by Gasteiger charge is -2.36. The zero-order chi connectivity index (χ0) is 27.6. The molecule has 0 spiro atoms. The quantitative estimate of drug-likeness (QED) is 0.434. The first kappa shape index (κ1) is 26.6. The van der Waals surface area contributed by atoms with Gasteiger partial charge in [0.1, 0.15) is 12.4 Å². The van der Waals surface area contributed by atoms with Crippen LogP contribution in [0.3, 0.4) is 0 Å². The lowest BCUT2D eigenvalue weighted by Crippen LogP contribution is -2.49. The maximum Gasteiger partial charge on any atom is 0.318 e. The van der Waals surface area contributed by atoms with Crippen LogP contribution in [0, 0.1) is 6.92 Å². The third kappa shape index (κ3) is 5.24. The Labute approximate surface area is 237 Å². The van der Waals surface area contributed by atoms with Crippen LogP contribution in [0.1, 0.15) is 36.1 Å². The van der Waals surface area contributed by atoms with E-state index in [1.165, 1.54) is 40.1 Å². The number of aromatic nitrogens is 2. The van der Waals surface area contributed by atoms with E-state index >= 15 is 0 Å². The van der Waals surface area contributed by atoms with Gasteiger partial charge in [-0.25, -0.2) is 0 Å². The Hall–Kier alpha value is -3.65. The van der Waals surface area contributed by atoms with Crippen LogP contribution >= 0.6 is 0 Å². The molecular weight excluding hydrogens is 500 g/mol. The van der Waals surface area contributed by atoms with Gasteiger partial charge in [0.2, 0.25) is 5.91 Å². The van der Waals surface area contributed by atoms with Gasteiger partial charge in [-0.15, -0.1) is 0 Å². The van der Waals surface area contributed by atoms with Crippen LogP contribution in [0.4, 0.5) is 11.5 Å². The largest absolute Gasteiger partial charge is 0.462 e. The number of fused-ring (bicyclic) bond motifs is 2. The topological polar surface area (TPSA) is 65.0 Å². The third-order valence-corrected chi connectivity index (χ3v) is 8.82. The monoisotopic (exact) mass is 540 g/mol. The smallest absolute Gasteiger partial charge is 0.318 e. The number of benzene rings is 2. The first-order valence-corrected chi connectivity index (χ1v) is 14.6. The summed E-state index contributed by atoms with van der Waals surface area (Å²) >= 11 is 0. The molecule has 0 saturated carbocycles. The van der Waals surface area contributed by atoms with E-state index in [0.717, 1.165) is 57.0 Å². The summed E-state index contributed by atoms with van der Waals surface area (Å²) in [6, 6.07) is 14.0. The van der Waals surface area contributed by atoms with Crippen molar-refractivity contribution in [2.24, 2.45) is 0 Å². The first-order chi connectivity index (χ1) is 19.5. The van der Waals surface area contributed by atoms with Crippen LogP contribution in [0.2, 0.25) is 0 Å². The van der Waals surface area contributed by atoms with Crippen molar-refractivity contribution in [1.29, 1.82) is 0 Å². The summed E-state index contributed by atoms with van der Waals surface area (Å²) in [6.07, 6.45) is 5.69. The Morgan fingerprint density at radius 1 is 1.02 bits per heavy atom. The molecule has 1 atom stereocenters. The van der Waals surface area contributed by atoms with Crippen molar-refractivity contribution in [2.75, 3.05) is 62.7 Å². The molecule has 3 aliphatic rings. The van der Waals surface area contributed by atoms with E-state index in [2.05, 4.69) is 71.6 Å². The number of rotatable bonds is 6. The summed E-state index contributed by atoms with van der Waals surface area (Å²) in [5, 5.41) is 2.58. The van der Waals surface area contributed by atoms with Crippen molar-refractivity contribution in [3.63, 3.8) is 0 Å². The van der Waals surface area contributed by atoms with Gasteiger partial charge in [0.25, 0.3) is 0 Å². The molecule has 6 rings (SSSR count). The van der Waals surface area contributed by atoms with Crippen LogP contribution in [0.25, 0.3) is 10.8 Å². The van der Waals surface area contributed by atoms with E-state index < -0.39 is 0 Å². The molecule has 2 aromatic carbocycles. The molecule has 210 valence electrons. The Balaban J connectivity index is 1.34. The number of anilines is 2. The van der Waals surface area contributed by atoms with E-state index in [9.17, 15) is 4.79 Å². The molecular formula is C32H40N6O2. The van der Waals surface area contributed by atoms with Gasteiger partial charge in [0.05, 0.1) is 12.2 Å². The summed E-state index contributed by atoms with van der Waals surface area (Å²) < 4.78 is 6.32. The molecule has 0 unspecified atom stereocenters. The Kier molecular flexibility index (Phi) is 7.61. The molecule has 0 bridgehead atoms. The van der Waals surface area contributed by atoms with E-state index in [1.54, 1.807) is 0 Å². The second-order valence-electron chi connectivity index (χ2n) is 11.3. The minimum absolute atomic E-state index is 0.00750. The van der Waals surface area contributed by atoms with Crippen LogP contribution < -0.4 is 14.5 Å². The normalized spacial score (nSPS) is 19.9. The zero-order valence-corrected chi connectivity index (χ0v) is 23.8. The number of hydrogen-bond donors (Lipinski definition) is 0. The van der Waals surface area contributed by atoms with Gasteiger partial charge < -0.3 is 24.3 Å². The summed E-state index contributed by atoms with van der Waals surface area (Å²) in [5.41, 5.74) is 4.81. The summed E-state index contributed by atoms with van der Waals surface area (Å²) in [5.74, 6) is 0.966. The molecule has 2 saturated heterocycles. The molecule has 8 nitrogen and oxygen atoms in total. The lowest BCUT2D eigenvalue weighted by molar-refractivity contribution is -0.126. The molecule has 1 aromatic heterocycles. The minimum Gasteiger partial charge on any atom is -0.462 e. The number of amides is 1. The highest BCUT2D eigenvalue weighted by Gasteiger charge is 2.29. The van der Waals surface area contributed by atoms with Crippen LogP contribution in [0.15, 0.2) is 49.1 Å². The van der Waals surface area contributed by atoms with Crippen LogP contribution in [0.5, 0.6) is 6.01 Å². The van der Waals surface area contributed by atoms with Crippen molar-refractivity contribution in [2.45, 2.75) is 45.2 Å². The summed E-state index contributed by atoms with van der Waals surface area (Å²) in [4.78, 5) is 31.3. The molecule has 3 aliphatic heterocycles. The van der Waals surface area contributed by atoms with Crippen molar-refractivity contribution < 1.29 is 9.53 Å². The number of carbonyl (C=O) groups excluding carboxylic acids is 1. The van der Waals surface area contributed by atoms with E-state index in [4.69, 9.17) is 14.7 Å².